The van der Waals surface area contributed by atoms with Crippen molar-refractivity contribution in [2.75, 3.05) is 44.3 Å². The molecule has 2 aliphatic rings. The number of ether oxygens (including phenoxy) is 1. The predicted octanol–water partition coefficient (Wildman–Crippen LogP) is 2.74. The molecule has 2 aliphatic heterocycles. The number of amides is 2. The lowest BCUT2D eigenvalue weighted by Gasteiger charge is -2.32. The van der Waals surface area contributed by atoms with Crippen molar-refractivity contribution in [2.24, 2.45) is 5.92 Å². The van der Waals surface area contributed by atoms with E-state index in [-0.39, 0.29) is 17.7 Å². The van der Waals surface area contributed by atoms with Crippen molar-refractivity contribution in [3.05, 3.63) is 58.7 Å². The van der Waals surface area contributed by atoms with Gasteiger partial charge in [-0.15, -0.1) is 0 Å². The minimum Gasteiger partial charge on any atom is -0.378 e. The molecule has 0 unspecified atom stereocenters. The van der Waals surface area contributed by atoms with Crippen LogP contribution in [0.1, 0.15) is 28.8 Å². The number of carbonyl (C=O) groups excluding carboxylic acids is 2. The van der Waals surface area contributed by atoms with Gasteiger partial charge in [-0.3, -0.25) is 9.59 Å². The number of anilines is 1. The number of halogens is 1. The van der Waals surface area contributed by atoms with Gasteiger partial charge in [0.25, 0.3) is 5.91 Å². The molecule has 2 saturated heterocycles. The van der Waals surface area contributed by atoms with E-state index in [9.17, 15) is 9.59 Å². The smallest absolute Gasteiger partial charge is 0.253 e. The van der Waals surface area contributed by atoms with Crippen molar-refractivity contribution >= 4 is 29.2 Å². The molecule has 0 bridgehead atoms. The van der Waals surface area contributed by atoms with Crippen molar-refractivity contribution in [2.45, 2.75) is 19.4 Å². The number of nitrogens with one attached hydrogen (secondary N) is 1. The Morgan fingerprint density at radius 3 is 2.58 bits per heavy atom. The lowest BCUT2D eigenvalue weighted by atomic mass is 9.96. The normalized spacial score (nSPS) is 19.2. The van der Waals surface area contributed by atoms with Crippen molar-refractivity contribution in [1.29, 1.82) is 0 Å². The molecule has 1 N–H and O–H groups in total. The Morgan fingerprint density at radius 1 is 1.10 bits per heavy atom. The van der Waals surface area contributed by atoms with Crippen molar-refractivity contribution in [3.63, 3.8) is 0 Å². The maximum atomic E-state index is 12.8. The number of benzene rings is 1. The molecular weight excluding hydrogens is 416 g/mol. The number of hydrogen-bond donors (Lipinski definition) is 1. The molecule has 2 amide bonds. The van der Waals surface area contributed by atoms with Crippen LogP contribution in [0.4, 0.5) is 5.82 Å². The molecule has 7 nitrogen and oxygen atoms in total. The molecule has 8 heteroatoms. The van der Waals surface area contributed by atoms with E-state index in [0.717, 1.165) is 50.5 Å². The number of pyridine rings is 1. The van der Waals surface area contributed by atoms with E-state index in [1.807, 2.05) is 18.3 Å². The second kappa shape index (κ2) is 10.1. The zero-order chi connectivity index (χ0) is 21.6. The Bertz CT molecular complexity index is 898. The van der Waals surface area contributed by atoms with Crippen LogP contribution in [0, 0.1) is 5.92 Å². The van der Waals surface area contributed by atoms with E-state index in [1.54, 1.807) is 29.2 Å². The third-order valence-corrected chi connectivity index (χ3v) is 6.03. The zero-order valence-electron chi connectivity index (χ0n) is 17.4. The molecule has 0 spiro atoms. The van der Waals surface area contributed by atoms with Gasteiger partial charge < -0.3 is 19.9 Å². The monoisotopic (exact) mass is 442 g/mol. The fourth-order valence-electron chi connectivity index (χ4n) is 3.98. The van der Waals surface area contributed by atoms with Crippen molar-refractivity contribution in [3.8, 4) is 0 Å². The highest BCUT2D eigenvalue weighted by atomic mass is 35.5. The fourth-order valence-corrected chi connectivity index (χ4v) is 4.11. The molecule has 1 atom stereocenters. The summed E-state index contributed by atoms with van der Waals surface area (Å²) < 4.78 is 5.37. The molecular formula is C23H27ClN4O3. The van der Waals surface area contributed by atoms with Crippen LogP contribution >= 0.6 is 11.6 Å². The van der Waals surface area contributed by atoms with Crippen LogP contribution < -0.4 is 10.2 Å². The topological polar surface area (TPSA) is 74.8 Å². The molecule has 1 aromatic carbocycles. The molecule has 0 radical (unpaired) electrons. The van der Waals surface area contributed by atoms with Gasteiger partial charge in [0.15, 0.2) is 0 Å². The van der Waals surface area contributed by atoms with Crippen LogP contribution in [-0.2, 0) is 16.1 Å². The van der Waals surface area contributed by atoms with Crippen molar-refractivity contribution in [1.82, 2.24) is 15.2 Å². The highest BCUT2D eigenvalue weighted by Gasteiger charge is 2.28. The number of hydrogen-bond acceptors (Lipinski definition) is 5. The van der Waals surface area contributed by atoms with E-state index in [4.69, 9.17) is 16.3 Å². The van der Waals surface area contributed by atoms with Gasteiger partial charge in [0.05, 0.1) is 19.1 Å². The van der Waals surface area contributed by atoms with Gasteiger partial charge in [-0.2, -0.15) is 0 Å². The summed E-state index contributed by atoms with van der Waals surface area (Å²) in [5, 5.41) is 3.60. The third kappa shape index (κ3) is 5.54. The molecule has 164 valence electrons. The number of morpholine rings is 1. The Balaban J connectivity index is 1.29. The summed E-state index contributed by atoms with van der Waals surface area (Å²) in [6.07, 6.45) is 3.40. The Morgan fingerprint density at radius 2 is 1.87 bits per heavy atom. The molecule has 31 heavy (non-hydrogen) atoms. The van der Waals surface area contributed by atoms with Gasteiger partial charge >= 0.3 is 0 Å². The second-order valence-corrected chi connectivity index (χ2v) is 8.38. The average molecular weight is 443 g/mol. The van der Waals surface area contributed by atoms with Crippen LogP contribution in [0.2, 0.25) is 5.02 Å². The Hall–Kier alpha value is -2.64. The minimum absolute atomic E-state index is 0.0224. The zero-order valence-corrected chi connectivity index (χ0v) is 18.2. The Kier molecular flexibility index (Phi) is 7.04. The first-order valence-corrected chi connectivity index (χ1v) is 11.1. The number of rotatable bonds is 5. The first-order chi connectivity index (χ1) is 15.1. The van der Waals surface area contributed by atoms with E-state index in [1.165, 1.54) is 0 Å². The average Bonchev–Trinajstić information content (AvgIpc) is 2.83. The first kappa shape index (κ1) is 21.6. The van der Waals surface area contributed by atoms with Gasteiger partial charge in [-0.1, -0.05) is 17.7 Å². The summed E-state index contributed by atoms with van der Waals surface area (Å²) in [7, 11) is 0. The fraction of sp³-hybridized carbons (Fsp3) is 0.435. The molecule has 0 aliphatic carbocycles. The summed E-state index contributed by atoms with van der Waals surface area (Å²) in [6.45, 7) is 4.65. The van der Waals surface area contributed by atoms with E-state index in [0.29, 0.717) is 30.2 Å². The molecule has 0 saturated carbocycles. The van der Waals surface area contributed by atoms with Gasteiger partial charge in [0.2, 0.25) is 5.91 Å². The minimum atomic E-state index is -0.203. The first-order valence-electron chi connectivity index (χ1n) is 10.7. The third-order valence-electron chi connectivity index (χ3n) is 5.78. The summed E-state index contributed by atoms with van der Waals surface area (Å²) in [4.78, 5) is 34.0. The van der Waals surface area contributed by atoms with E-state index >= 15 is 0 Å². The predicted molar refractivity (Wildman–Crippen MR) is 119 cm³/mol. The van der Waals surface area contributed by atoms with Crippen LogP contribution in [-0.4, -0.2) is 61.1 Å². The van der Waals surface area contributed by atoms with Gasteiger partial charge in [0, 0.05) is 49.5 Å². The van der Waals surface area contributed by atoms with Crippen LogP contribution in [0.3, 0.4) is 0 Å². The summed E-state index contributed by atoms with van der Waals surface area (Å²) in [6, 6.07) is 10.8. The lowest BCUT2D eigenvalue weighted by Crippen LogP contribution is -2.45. The largest absolute Gasteiger partial charge is 0.378 e. The van der Waals surface area contributed by atoms with E-state index < -0.39 is 0 Å². The molecule has 4 rings (SSSR count). The number of likely N-dealkylation sites (tertiary alicyclic amines) is 1. The number of aromatic nitrogens is 1. The molecule has 2 fully saturated rings. The number of nitrogens with zero attached hydrogens (tertiary/aromatic N) is 3. The molecule has 1 aromatic heterocycles. The van der Waals surface area contributed by atoms with Crippen molar-refractivity contribution < 1.29 is 14.3 Å². The number of piperidine rings is 1. The second-order valence-electron chi connectivity index (χ2n) is 7.94. The summed E-state index contributed by atoms with van der Waals surface area (Å²) in [5.74, 6) is 0.649. The van der Waals surface area contributed by atoms with Crippen LogP contribution in [0.15, 0.2) is 42.6 Å². The highest BCUT2D eigenvalue weighted by molar-refractivity contribution is 6.30. The van der Waals surface area contributed by atoms with Gasteiger partial charge in [-0.05, 0) is 48.7 Å². The number of carbonyl (C=O) groups is 2. The maximum Gasteiger partial charge on any atom is 0.253 e. The van der Waals surface area contributed by atoms with Gasteiger partial charge in [-0.25, -0.2) is 4.98 Å². The molecule has 3 heterocycles. The lowest BCUT2D eigenvalue weighted by molar-refractivity contribution is -0.126. The van der Waals surface area contributed by atoms with Crippen LogP contribution in [0.25, 0.3) is 0 Å². The SMILES string of the molecule is O=C(NCc1ccc(N2CCOCC2)nc1)[C@H]1CCCN(C(=O)c2ccc(Cl)cc2)C1. The highest BCUT2D eigenvalue weighted by Crippen LogP contribution is 2.20. The maximum absolute atomic E-state index is 12.8. The van der Waals surface area contributed by atoms with E-state index in [2.05, 4.69) is 15.2 Å². The van der Waals surface area contributed by atoms with Gasteiger partial charge in [0.1, 0.15) is 5.82 Å². The molecule has 2 aromatic rings. The Labute approximate surface area is 187 Å². The summed E-state index contributed by atoms with van der Waals surface area (Å²) in [5.41, 5.74) is 1.55. The standard InChI is InChI=1S/C23H27ClN4O3/c24-20-6-4-18(5-7-20)23(30)28-9-1-2-19(16-28)22(29)26-15-17-3-8-21(25-14-17)27-10-12-31-13-11-27/h3-8,14,19H,1-2,9-13,15-16H2,(H,26,29)/t19-/m0/s1. The quantitative estimate of drug-likeness (QED) is 0.770. The van der Waals surface area contributed by atoms with Crippen LogP contribution in [0.5, 0.6) is 0 Å². The summed E-state index contributed by atoms with van der Waals surface area (Å²) >= 11 is 5.91.